The maximum atomic E-state index is 13.3. The number of nitrogens with one attached hydrogen (secondary N) is 1. The predicted molar refractivity (Wildman–Crippen MR) is 81.3 cm³/mol. The van der Waals surface area contributed by atoms with Crippen molar-refractivity contribution in [2.24, 2.45) is 5.92 Å². The molecule has 1 aromatic rings. The first-order chi connectivity index (χ1) is 9.79. The van der Waals surface area contributed by atoms with E-state index in [0.29, 0.717) is 23.6 Å². The summed E-state index contributed by atoms with van der Waals surface area (Å²) in [6.45, 7) is 5.66. The normalized spacial score (nSPS) is 20.7. The number of aryl methyl sites for hydroxylation is 2. The summed E-state index contributed by atoms with van der Waals surface area (Å²) >= 11 is 0. The monoisotopic (exact) mass is 314 g/mol. The third-order valence-corrected chi connectivity index (χ3v) is 5.71. The molecule has 2 rings (SSSR count). The Morgan fingerprint density at radius 1 is 1.33 bits per heavy atom. The van der Waals surface area contributed by atoms with Crippen molar-refractivity contribution in [3.05, 3.63) is 29.1 Å². The molecule has 1 aliphatic rings. The third kappa shape index (κ3) is 4.02. The summed E-state index contributed by atoms with van der Waals surface area (Å²) in [6, 6.07) is 2.52. The lowest BCUT2D eigenvalue weighted by molar-refractivity contribution is 0.211. The quantitative estimate of drug-likeness (QED) is 0.925. The molecule has 0 saturated carbocycles. The van der Waals surface area contributed by atoms with Crippen molar-refractivity contribution in [1.82, 2.24) is 9.62 Å². The van der Waals surface area contributed by atoms with E-state index in [4.69, 9.17) is 0 Å². The van der Waals surface area contributed by atoms with E-state index >= 15 is 0 Å². The lowest BCUT2D eigenvalue weighted by Crippen LogP contribution is -2.39. The van der Waals surface area contributed by atoms with Gasteiger partial charge in [0.15, 0.2) is 0 Å². The second kappa shape index (κ2) is 6.42. The first-order valence-corrected chi connectivity index (χ1v) is 8.73. The number of halogens is 1. The maximum absolute atomic E-state index is 13.3. The van der Waals surface area contributed by atoms with Gasteiger partial charge < -0.3 is 4.90 Å². The number of rotatable bonds is 4. The summed E-state index contributed by atoms with van der Waals surface area (Å²) in [4.78, 5) is 2.42. The van der Waals surface area contributed by atoms with Crippen LogP contribution in [0.4, 0.5) is 4.39 Å². The topological polar surface area (TPSA) is 49.4 Å². The zero-order valence-electron chi connectivity index (χ0n) is 12.8. The van der Waals surface area contributed by atoms with Gasteiger partial charge in [0.2, 0.25) is 10.0 Å². The van der Waals surface area contributed by atoms with Crippen LogP contribution >= 0.6 is 0 Å². The number of likely N-dealkylation sites (tertiary alicyclic amines) is 1. The van der Waals surface area contributed by atoms with Gasteiger partial charge in [-0.05, 0) is 69.5 Å². The highest BCUT2D eigenvalue weighted by Gasteiger charge is 2.23. The average molecular weight is 314 g/mol. The number of piperidine rings is 1. The first-order valence-electron chi connectivity index (χ1n) is 7.24. The summed E-state index contributed by atoms with van der Waals surface area (Å²) in [5.74, 6) is -0.0718. The highest BCUT2D eigenvalue weighted by Crippen LogP contribution is 2.22. The summed E-state index contributed by atoms with van der Waals surface area (Å²) in [5, 5.41) is 0. The van der Waals surface area contributed by atoms with E-state index in [1.165, 1.54) is 12.1 Å². The highest BCUT2D eigenvalue weighted by atomic mass is 32.2. The molecular formula is C15H23FN2O2S. The van der Waals surface area contributed by atoms with E-state index in [-0.39, 0.29) is 4.90 Å². The van der Waals surface area contributed by atoms with Crippen molar-refractivity contribution in [2.45, 2.75) is 31.6 Å². The minimum absolute atomic E-state index is 0.202. The number of benzene rings is 1. The Kier molecular flexibility index (Phi) is 5.01. The van der Waals surface area contributed by atoms with Crippen molar-refractivity contribution in [2.75, 3.05) is 26.7 Å². The molecule has 0 radical (unpaired) electrons. The van der Waals surface area contributed by atoms with Crippen LogP contribution in [-0.2, 0) is 10.0 Å². The van der Waals surface area contributed by atoms with Gasteiger partial charge in [-0.15, -0.1) is 0 Å². The molecule has 0 bridgehead atoms. The molecule has 118 valence electrons. The zero-order valence-corrected chi connectivity index (χ0v) is 13.6. The van der Waals surface area contributed by atoms with Gasteiger partial charge in [-0.25, -0.2) is 17.5 Å². The lowest BCUT2D eigenvalue weighted by atomic mass is 9.99. The Labute approximate surface area is 126 Å². The van der Waals surface area contributed by atoms with E-state index in [9.17, 15) is 12.8 Å². The minimum atomic E-state index is -3.59. The van der Waals surface area contributed by atoms with Gasteiger partial charge in [-0.1, -0.05) is 0 Å². The molecule has 1 saturated heterocycles. The van der Waals surface area contributed by atoms with Crippen molar-refractivity contribution in [3.63, 3.8) is 0 Å². The van der Waals surface area contributed by atoms with Gasteiger partial charge in [-0.2, -0.15) is 0 Å². The molecule has 1 fully saturated rings. The fraction of sp³-hybridized carbons (Fsp3) is 0.600. The number of hydrogen-bond donors (Lipinski definition) is 1. The molecule has 1 heterocycles. The highest BCUT2D eigenvalue weighted by molar-refractivity contribution is 7.89. The maximum Gasteiger partial charge on any atom is 0.241 e. The van der Waals surface area contributed by atoms with Crippen molar-refractivity contribution < 1.29 is 12.8 Å². The number of nitrogens with zero attached hydrogens (tertiary/aromatic N) is 1. The standard InChI is InChI=1S/C15H23FN2O2S/c1-11-7-14(16)8-12(2)15(11)21(19,20)17-9-13-5-4-6-18(3)10-13/h7-8,13,17H,4-6,9-10H2,1-3H3. The Morgan fingerprint density at radius 3 is 2.52 bits per heavy atom. The number of sulfonamides is 1. The Balaban J connectivity index is 2.12. The Morgan fingerprint density at radius 2 is 1.95 bits per heavy atom. The number of hydrogen-bond acceptors (Lipinski definition) is 3. The fourth-order valence-electron chi connectivity index (χ4n) is 3.06. The van der Waals surface area contributed by atoms with E-state index in [1.54, 1.807) is 13.8 Å². The van der Waals surface area contributed by atoms with Gasteiger partial charge in [0.1, 0.15) is 5.82 Å². The minimum Gasteiger partial charge on any atom is -0.306 e. The second-order valence-corrected chi connectivity index (χ2v) is 7.69. The SMILES string of the molecule is Cc1cc(F)cc(C)c1S(=O)(=O)NCC1CCCN(C)C1. The molecule has 4 nitrogen and oxygen atoms in total. The van der Waals surface area contributed by atoms with Crippen LogP contribution in [0.25, 0.3) is 0 Å². The smallest absolute Gasteiger partial charge is 0.241 e. The molecule has 21 heavy (non-hydrogen) atoms. The molecule has 1 N–H and O–H groups in total. The van der Waals surface area contributed by atoms with Crippen molar-refractivity contribution >= 4 is 10.0 Å². The van der Waals surface area contributed by atoms with Crippen molar-refractivity contribution in [1.29, 1.82) is 0 Å². The third-order valence-electron chi connectivity index (χ3n) is 3.98. The van der Waals surface area contributed by atoms with Crippen LogP contribution in [-0.4, -0.2) is 40.0 Å². The van der Waals surface area contributed by atoms with E-state index < -0.39 is 15.8 Å². The van der Waals surface area contributed by atoms with E-state index in [0.717, 1.165) is 25.9 Å². The summed E-state index contributed by atoms with van der Waals surface area (Å²) in [5.41, 5.74) is 0.890. The molecular weight excluding hydrogens is 291 g/mol. The largest absolute Gasteiger partial charge is 0.306 e. The first kappa shape index (κ1) is 16.4. The molecule has 0 spiro atoms. The summed E-state index contributed by atoms with van der Waals surface area (Å²) < 4.78 is 40.9. The van der Waals surface area contributed by atoms with Crippen LogP contribution in [0.5, 0.6) is 0 Å². The average Bonchev–Trinajstić information content (AvgIpc) is 2.35. The Bertz CT molecular complexity index is 593. The van der Waals surface area contributed by atoms with Crippen LogP contribution in [0, 0.1) is 25.6 Å². The predicted octanol–water partition coefficient (Wildman–Crippen LogP) is 2.06. The van der Waals surface area contributed by atoms with Crippen LogP contribution in [0.2, 0.25) is 0 Å². The van der Waals surface area contributed by atoms with E-state index in [1.807, 2.05) is 0 Å². The molecule has 1 aliphatic heterocycles. The van der Waals surface area contributed by atoms with Gasteiger partial charge in [0.25, 0.3) is 0 Å². The van der Waals surface area contributed by atoms with Crippen LogP contribution in [0.15, 0.2) is 17.0 Å². The van der Waals surface area contributed by atoms with Gasteiger partial charge in [0, 0.05) is 13.1 Å². The molecule has 1 atom stereocenters. The van der Waals surface area contributed by atoms with Gasteiger partial charge in [-0.3, -0.25) is 0 Å². The molecule has 6 heteroatoms. The zero-order chi connectivity index (χ0) is 15.6. The van der Waals surface area contributed by atoms with Crippen LogP contribution < -0.4 is 4.72 Å². The lowest BCUT2D eigenvalue weighted by Gasteiger charge is -2.29. The molecule has 1 aromatic carbocycles. The van der Waals surface area contributed by atoms with Crippen LogP contribution in [0.1, 0.15) is 24.0 Å². The van der Waals surface area contributed by atoms with Gasteiger partial charge >= 0.3 is 0 Å². The molecule has 0 amide bonds. The molecule has 1 unspecified atom stereocenters. The second-order valence-electron chi connectivity index (χ2n) is 5.99. The van der Waals surface area contributed by atoms with E-state index in [2.05, 4.69) is 16.7 Å². The molecule has 0 aromatic heterocycles. The summed E-state index contributed by atoms with van der Waals surface area (Å²) in [7, 11) is -1.54. The van der Waals surface area contributed by atoms with Crippen molar-refractivity contribution in [3.8, 4) is 0 Å². The fourth-order valence-corrected chi connectivity index (χ4v) is 4.63. The molecule has 0 aliphatic carbocycles. The Hall–Kier alpha value is -0.980. The van der Waals surface area contributed by atoms with Gasteiger partial charge in [0.05, 0.1) is 4.90 Å². The summed E-state index contributed by atoms with van der Waals surface area (Å²) in [6.07, 6.45) is 2.13. The van der Waals surface area contributed by atoms with Crippen LogP contribution in [0.3, 0.4) is 0 Å².